The zero-order chi connectivity index (χ0) is 22.3. The van der Waals surface area contributed by atoms with Gasteiger partial charge in [-0.15, -0.1) is 11.3 Å². The van der Waals surface area contributed by atoms with Gasteiger partial charge in [0.05, 0.1) is 34.3 Å². The van der Waals surface area contributed by atoms with Crippen molar-refractivity contribution in [3.8, 4) is 5.75 Å². The van der Waals surface area contributed by atoms with Crippen LogP contribution < -0.4 is 9.64 Å². The molecule has 2 heterocycles. The average molecular weight is 435 g/mol. The van der Waals surface area contributed by atoms with E-state index in [1.54, 1.807) is 38.3 Å². The molecule has 0 saturated carbocycles. The van der Waals surface area contributed by atoms with E-state index in [1.807, 2.05) is 38.1 Å². The Balaban J connectivity index is 1.92. The molecule has 1 atom stereocenters. The summed E-state index contributed by atoms with van der Waals surface area (Å²) in [6, 6.07) is 13.8. The topological polar surface area (TPSA) is 79.7 Å². The minimum atomic E-state index is -0.768. The summed E-state index contributed by atoms with van der Waals surface area (Å²) in [5, 5.41) is 11.6. The summed E-state index contributed by atoms with van der Waals surface area (Å²) in [7, 11) is 1.54. The van der Waals surface area contributed by atoms with Crippen LogP contribution in [0.1, 0.15) is 37.5 Å². The summed E-state index contributed by atoms with van der Waals surface area (Å²) >= 11 is 1.26. The maximum Gasteiger partial charge on any atom is 0.294 e. The Morgan fingerprint density at radius 1 is 1.13 bits per heavy atom. The number of hydrogen-bond acceptors (Lipinski definition) is 6. The fourth-order valence-electron chi connectivity index (χ4n) is 3.92. The lowest BCUT2D eigenvalue weighted by Gasteiger charge is -2.28. The summed E-state index contributed by atoms with van der Waals surface area (Å²) < 4.78 is 5.32. The molecule has 0 spiro atoms. The summed E-state index contributed by atoms with van der Waals surface area (Å²) in [5.41, 5.74) is 2.86. The Labute approximate surface area is 184 Å². The first-order valence-electron chi connectivity index (χ1n) is 9.78. The van der Waals surface area contributed by atoms with Gasteiger partial charge < -0.3 is 9.84 Å². The average Bonchev–Trinajstić information content (AvgIpc) is 3.23. The summed E-state index contributed by atoms with van der Waals surface area (Å²) in [4.78, 5) is 33.1. The molecule has 31 heavy (non-hydrogen) atoms. The number of aliphatic hydroxyl groups is 1. The molecule has 0 aliphatic carbocycles. The van der Waals surface area contributed by atoms with E-state index in [0.717, 1.165) is 16.1 Å². The number of aryl methyl sites for hydroxylation is 3. The molecule has 1 amide bonds. The van der Waals surface area contributed by atoms with Crippen molar-refractivity contribution in [2.24, 2.45) is 0 Å². The second kappa shape index (κ2) is 8.00. The summed E-state index contributed by atoms with van der Waals surface area (Å²) in [5.74, 6) is -0.968. The van der Waals surface area contributed by atoms with Gasteiger partial charge in [-0.3, -0.25) is 14.5 Å². The quantitative estimate of drug-likeness (QED) is 0.580. The number of aliphatic hydroxyl groups excluding tert-OH is 1. The van der Waals surface area contributed by atoms with E-state index in [4.69, 9.17) is 4.74 Å². The second-order valence-corrected chi connectivity index (χ2v) is 8.58. The minimum absolute atomic E-state index is 0.0638. The molecule has 1 aromatic heterocycles. The lowest BCUT2D eigenvalue weighted by molar-refractivity contribution is -0.117. The Hall–Kier alpha value is -3.45. The number of amides is 1. The van der Waals surface area contributed by atoms with Crippen molar-refractivity contribution < 1.29 is 19.4 Å². The van der Waals surface area contributed by atoms with Crippen molar-refractivity contribution in [3.63, 3.8) is 0 Å². The zero-order valence-corrected chi connectivity index (χ0v) is 18.5. The highest BCUT2D eigenvalue weighted by Crippen LogP contribution is 2.44. The van der Waals surface area contributed by atoms with E-state index < -0.39 is 17.7 Å². The van der Waals surface area contributed by atoms with Crippen LogP contribution in [0.4, 0.5) is 5.69 Å². The fourth-order valence-corrected chi connectivity index (χ4v) is 4.79. The Morgan fingerprint density at radius 3 is 2.52 bits per heavy atom. The predicted molar refractivity (Wildman–Crippen MR) is 120 cm³/mol. The second-order valence-electron chi connectivity index (χ2n) is 7.37. The van der Waals surface area contributed by atoms with Crippen LogP contribution in [0.3, 0.4) is 0 Å². The molecule has 1 N–H and O–H groups in total. The molecule has 1 unspecified atom stereocenters. The third kappa shape index (κ3) is 3.51. The van der Waals surface area contributed by atoms with Crippen LogP contribution >= 0.6 is 11.3 Å². The van der Waals surface area contributed by atoms with Crippen molar-refractivity contribution in [2.75, 3.05) is 12.0 Å². The Kier molecular flexibility index (Phi) is 5.37. The van der Waals surface area contributed by atoms with Crippen LogP contribution in [0.15, 0.2) is 59.9 Å². The highest BCUT2D eigenvalue weighted by atomic mass is 32.1. The van der Waals surface area contributed by atoms with Crippen LogP contribution in [-0.2, 0) is 4.79 Å². The van der Waals surface area contributed by atoms with Gasteiger partial charge in [0.2, 0.25) is 5.78 Å². The molecule has 0 fully saturated rings. The predicted octanol–water partition coefficient (Wildman–Crippen LogP) is 4.86. The van der Waals surface area contributed by atoms with E-state index in [9.17, 15) is 14.7 Å². The molecule has 2 aromatic carbocycles. The lowest BCUT2D eigenvalue weighted by atomic mass is 9.92. The highest BCUT2D eigenvalue weighted by molar-refractivity contribution is 7.14. The van der Waals surface area contributed by atoms with Crippen LogP contribution in [0.5, 0.6) is 5.75 Å². The molecule has 0 bridgehead atoms. The number of thiazole rings is 1. The van der Waals surface area contributed by atoms with Crippen LogP contribution in [-0.4, -0.2) is 28.9 Å². The SMILES string of the molecule is COc1cccc(N2C(=O)C(O)=C(C(=O)c3sc(C)nc3C)C2c2ccccc2C)c1. The maximum atomic E-state index is 13.6. The number of ketones is 1. The van der Waals surface area contributed by atoms with Gasteiger partial charge in [0, 0.05) is 11.8 Å². The van der Waals surface area contributed by atoms with E-state index in [2.05, 4.69) is 4.98 Å². The minimum Gasteiger partial charge on any atom is -0.503 e. The smallest absolute Gasteiger partial charge is 0.294 e. The third-order valence-electron chi connectivity index (χ3n) is 5.38. The van der Waals surface area contributed by atoms with Gasteiger partial charge in [-0.1, -0.05) is 30.3 Å². The first-order chi connectivity index (χ1) is 14.8. The van der Waals surface area contributed by atoms with E-state index >= 15 is 0 Å². The Bertz CT molecular complexity index is 1230. The monoisotopic (exact) mass is 434 g/mol. The van der Waals surface area contributed by atoms with E-state index in [0.29, 0.717) is 22.0 Å². The number of benzene rings is 2. The lowest BCUT2D eigenvalue weighted by Crippen LogP contribution is -2.31. The molecule has 1 aliphatic heterocycles. The Morgan fingerprint density at radius 2 is 1.87 bits per heavy atom. The van der Waals surface area contributed by atoms with Crippen LogP contribution in [0.25, 0.3) is 0 Å². The van der Waals surface area contributed by atoms with Gasteiger partial charge in [0.25, 0.3) is 5.91 Å². The standard InChI is InChI=1S/C24H22N2O4S/c1-13-8-5-6-11-18(13)20-19(21(27)23-14(2)25-15(3)31-23)22(28)24(29)26(20)16-9-7-10-17(12-16)30-4/h5-12,20,28H,1-4H3. The van der Waals surface area contributed by atoms with Crippen molar-refractivity contribution >= 4 is 28.7 Å². The molecule has 3 aromatic rings. The summed E-state index contributed by atoms with van der Waals surface area (Å²) in [6.45, 7) is 5.50. The van der Waals surface area contributed by atoms with Crippen molar-refractivity contribution in [1.29, 1.82) is 0 Å². The molecule has 6 nitrogen and oxygen atoms in total. The number of nitrogens with zero attached hydrogens (tertiary/aromatic N) is 2. The number of aromatic nitrogens is 1. The number of rotatable bonds is 5. The first kappa shape index (κ1) is 20.8. The normalized spacial score (nSPS) is 16.2. The van der Waals surface area contributed by atoms with Crippen LogP contribution in [0, 0.1) is 20.8 Å². The van der Waals surface area contributed by atoms with Crippen molar-refractivity contribution in [3.05, 3.63) is 86.6 Å². The molecule has 4 rings (SSSR count). The first-order valence-corrected chi connectivity index (χ1v) is 10.6. The largest absolute Gasteiger partial charge is 0.503 e. The molecule has 0 radical (unpaired) electrons. The number of Topliss-reactive ketones (excluding diaryl/α,β-unsaturated/α-hetero) is 1. The molecule has 7 heteroatoms. The van der Waals surface area contributed by atoms with Gasteiger partial charge in [-0.2, -0.15) is 0 Å². The number of hydrogen-bond donors (Lipinski definition) is 1. The fraction of sp³-hybridized carbons (Fsp3) is 0.208. The van der Waals surface area contributed by atoms with Gasteiger partial charge >= 0.3 is 0 Å². The molecule has 158 valence electrons. The number of methoxy groups -OCH3 is 1. The van der Waals surface area contributed by atoms with Gasteiger partial charge in [0.15, 0.2) is 5.76 Å². The maximum absolute atomic E-state index is 13.6. The molecule has 0 saturated heterocycles. The van der Waals surface area contributed by atoms with Gasteiger partial charge in [0.1, 0.15) is 5.75 Å². The van der Waals surface area contributed by atoms with E-state index in [1.165, 1.54) is 16.2 Å². The highest BCUT2D eigenvalue weighted by Gasteiger charge is 2.45. The van der Waals surface area contributed by atoms with Crippen molar-refractivity contribution in [2.45, 2.75) is 26.8 Å². The molecular formula is C24H22N2O4S. The number of ether oxygens (including phenoxy) is 1. The zero-order valence-electron chi connectivity index (χ0n) is 17.7. The van der Waals surface area contributed by atoms with Gasteiger partial charge in [-0.05, 0) is 44.0 Å². The number of anilines is 1. The number of carbonyl (C=O) groups is 2. The number of carbonyl (C=O) groups excluding carboxylic acids is 2. The third-order valence-corrected chi connectivity index (χ3v) is 6.45. The molecule has 1 aliphatic rings. The van der Waals surface area contributed by atoms with E-state index in [-0.39, 0.29) is 11.4 Å². The van der Waals surface area contributed by atoms with Gasteiger partial charge in [-0.25, -0.2) is 4.98 Å². The summed E-state index contributed by atoms with van der Waals surface area (Å²) in [6.07, 6.45) is 0. The molecular weight excluding hydrogens is 412 g/mol. The van der Waals surface area contributed by atoms with Crippen molar-refractivity contribution in [1.82, 2.24) is 4.98 Å². The van der Waals surface area contributed by atoms with Crippen LogP contribution in [0.2, 0.25) is 0 Å².